The Morgan fingerprint density at radius 1 is 1.39 bits per heavy atom. The zero-order valence-corrected chi connectivity index (χ0v) is 18.0. The number of aryl methyl sites for hydroxylation is 2. The van der Waals surface area contributed by atoms with E-state index in [0.29, 0.717) is 30.3 Å². The average Bonchev–Trinajstić information content (AvgIpc) is 2.98. The van der Waals surface area contributed by atoms with Crippen LogP contribution in [0, 0.1) is 12.8 Å². The Labute approximate surface area is 180 Å². The summed E-state index contributed by atoms with van der Waals surface area (Å²) in [6.45, 7) is 4.62. The number of likely N-dealkylation sites (tertiary alicyclic amines) is 1. The Kier molecular flexibility index (Phi) is 4.32. The molecule has 0 bridgehead atoms. The topological polar surface area (TPSA) is 87.2 Å². The number of carbonyl (C=O) groups is 3. The molecule has 7 nitrogen and oxygen atoms in total. The molecule has 5 rings (SSSR count). The molecule has 1 spiro atoms. The van der Waals surface area contributed by atoms with Crippen molar-refractivity contribution in [2.24, 2.45) is 13.0 Å². The van der Waals surface area contributed by atoms with Gasteiger partial charge in [-0.25, -0.2) is 0 Å². The quantitative estimate of drug-likeness (QED) is 0.731. The first-order chi connectivity index (χ1) is 14.8. The van der Waals surface area contributed by atoms with Crippen molar-refractivity contribution < 1.29 is 14.4 Å². The summed E-state index contributed by atoms with van der Waals surface area (Å²) in [5.74, 6) is 0.162. The van der Waals surface area contributed by atoms with Gasteiger partial charge in [0.1, 0.15) is 0 Å². The van der Waals surface area contributed by atoms with E-state index >= 15 is 0 Å². The van der Waals surface area contributed by atoms with Gasteiger partial charge < -0.3 is 19.8 Å². The van der Waals surface area contributed by atoms with Gasteiger partial charge in [-0.1, -0.05) is 6.92 Å². The van der Waals surface area contributed by atoms with Gasteiger partial charge in [-0.3, -0.25) is 14.4 Å². The zero-order chi connectivity index (χ0) is 21.9. The SMILES string of the molecule is CCCC(=O)Nc1cc(C=CC(=O)N2C[C@@H]3C[C@]34C2=CC(=O)c2[nH]cc(C)c24)n(C)c1. The van der Waals surface area contributed by atoms with Crippen molar-refractivity contribution in [1.82, 2.24) is 14.5 Å². The van der Waals surface area contributed by atoms with Crippen LogP contribution in [0.5, 0.6) is 0 Å². The number of nitrogens with one attached hydrogen (secondary N) is 2. The number of fused-ring (bicyclic) bond motifs is 1. The van der Waals surface area contributed by atoms with Crippen molar-refractivity contribution in [3.8, 4) is 0 Å². The van der Waals surface area contributed by atoms with E-state index in [1.54, 1.807) is 23.1 Å². The van der Waals surface area contributed by atoms with Gasteiger partial charge in [0.05, 0.1) is 11.4 Å². The van der Waals surface area contributed by atoms with E-state index in [0.717, 1.165) is 35.4 Å². The second-order valence-electron chi connectivity index (χ2n) is 8.83. The maximum Gasteiger partial charge on any atom is 0.250 e. The maximum absolute atomic E-state index is 13.1. The number of aromatic nitrogens is 2. The molecular weight excluding hydrogens is 392 g/mol. The van der Waals surface area contributed by atoms with Gasteiger partial charge in [0, 0.05) is 61.4 Å². The molecule has 31 heavy (non-hydrogen) atoms. The minimum Gasteiger partial charge on any atom is -0.358 e. The molecule has 160 valence electrons. The van der Waals surface area contributed by atoms with Crippen LogP contribution in [-0.4, -0.2) is 38.6 Å². The molecule has 0 aromatic carbocycles. The fraction of sp³-hybridized carbons (Fsp3) is 0.375. The number of aromatic amines is 1. The predicted octanol–water partition coefficient (Wildman–Crippen LogP) is 3.29. The Morgan fingerprint density at radius 3 is 2.97 bits per heavy atom. The van der Waals surface area contributed by atoms with Gasteiger partial charge >= 0.3 is 0 Å². The lowest BCUT2D eigenvalue weighted by atomic mass is 9.83. The first-order valence-corrected chi connectivity index (χ1v) is 10.8. The van der Waals surface area contributed by atoms with Crippen molar-refractivity contribution in [2.75, 3.05) is 11.9 Å². The number of carbonyl (C=O) groups excluding carboxylic acids is 3. The van der Waals surface area contributed by atoms with Crippen LogP contribution in [0.25, 0.3) is 6.08 Å². The monoisotopic (exact) mass is 418 g/mol. The van der Waals surface area contributed by atoms with Crippen molar-refractivity contribution in [2.45, 2.75) is 38.5 Å². The van der Waals surface area contributed by atoms with Gasteiger partial charge in [0.15, 0.2) is 0 Å². The fourth-order valence-electron chi connectivity index (χ4n) is 5.27. The smallest absolute Gasteiger partial charge is 0.250 e. The molecule has 0 unspecified atom stereocenters. The number of allylic oxidation sites excluding steroid dienone is 2. The molecular formula is C24H26N4O3. The van der Waals surface area contributed by atoms with E-state index in [1.165, 1.54) is 0 Å². The number of nitrogens with zero attached hydrogens (tertiary/aromatic N) is 2. The van der Waals surface area contributed by atoms with E-state index in [9.17, 15) is 14.4 Å². The maximum atomic E-state index is 13.1. The Morgan fingerprint density at radius 2 is 2.19 bits per heavy atom. The first kappa shape index (κ1) is 19.6. The summed E-state index contributed by atoms with van der Waals surface area (Å²) in [5.41, 5.74) is 5.03. The number of H-pyrrole nitrogens is 1. The molecule has 0 radical (unpaired) electrons. The van der Waals surface area contributed by atoms with Crippen LogP contribution in [-0.2, 0) is 22.1 Å². The number of rotatable bonds is 5. The molecule has 2 aromatic rings. The highest BCUT2D eigenvalue weighted by molar-refractivity contribution is 6.09. The molecule has 2 N–H and O–H groups in total. The highest BCUT2D eigenvalue weighted by atomic mass is 16.2. The Hall–Kier alpha value is -3.35. The molecule has 3 aliphatic rings. The summed E-state index contributed by atoms with van der Waals surface area (Å²) in [4.78, 5) is 42.4. The summed E-state index contributed by atoms with van der Waals surface area (Å²) >= 11 is 0. The molecule has 1 aliphatic heterocycles. The van der Waals surface area contributed by atoms with Crippen molar-refractivity contribution >= 4 is 29.4 Å². The minimum absolute atomic E-state index is 0.0189. The summed E-state index contributed by atoms with van der Waals surface area (Å²) in [7, 11) is 1.87. The van der Waals surface area contributed by atoms with Crippen molar-refractivity contribution in [3.05, 3.63) is 58.8 Å². The van der Waals surface area contributed by atoms with Crippen LogP contribution in [0.15, 0.2) is 36.3 Å². The van der Waals surface area contributed by atoms with Crippen LogP contribution in [0.2, 0.25) is 0 Å². The Bertz CT molecular complexity index is 1180. The molecule has 2 aliphatic carbocycles. The third-order valence-corrected chi connectivity index (χ3v) is 6.76. The van der Waals surface area contributed by atoms with Crippen LogP contribution < -0.4 is 5.32 Å². The highest BCUT2D eigenvalue weighted by Gasteiger charge is 2.67. The van der Waals surface area contributed by atoms with Crippen molar-refractivity contribution in [1.29, 1.82) is 0 Å². The van der Waals surface area contributed by atoms with E-state index < -0.39 is 0 Å². The standard InChI is InChI=1S/C24H26N4O3/c1-4-5-20(30)26-16-8-17(27(3)13-16)6-7-21(31)28-12-15-10-24(15)19(28)9-18(29)23-22(24)14(2)11-25-23/h6-9,11,13,15,25H,4-5,10,12H2,1-3H3,(H,26,30)/t15-,24+/m0/s1. The zero-order valence-electron chi connectivity index (χ0n) is 18.0. The van der Waals surface area contributed by atoms with Gasteiger partial charge in [-0.15, -0.1) is 0 Å². The highest BCUT2D eigenvalue weighted by Crippen LogP contribution is 2.67. The lowest BCUT2D eigenvalue weighted by molar-refractivity contribution is -0.124. The molecule has 2 aromatic heterocycles. The second kappa shape index (κ2) is 6.83. The molecule has 1 saturated heterocycles. The first-order valence-electron chi connectivity index (χ1n) is 10.8. The third kappa shape index (κ3) is 2.91. The summed E-state index contributed by atoms with van der Waals surface area (Å²) in [5, 5.41) is 2.87. The number of hydrogen-bond acceptors (Lipinski definition) is 3. The van der Waals surface area contributed by atoms with Gasteiger partial charge in [-0.2, -0.15) is 0 Å². The van der Waals surface area contributed by atoms with E-state index in [4.69, 9.17) is 0 Å². The Balaban J connectivity index is 1.35. The van der Waals surface area contributed by atoms with E-state index in [1.807, 2.05) is 43.9 Å². The number of amides is 2. The largest absolute Gasteiger partial charge is 0.358 e. The van der Waals surface area contributed by atoms with Gasteiger partial charge in [0.2, 0.25) is 11.7 Å². The summed E-state index contributed by atoms with van der Waals surface area (Å²) < 4.78 is 1.87. The molecule has 2 atom stereocenters. The number of ketones is 1. The van der Waals surface area contributed by atoms with Crippen LogP contribution in [0.1, 0.15) is 53.5 Å². The van der Waals surface area contributed by atoms with Gasteiger partial charge in [0.25, 0.3) is 5.91 Å². The average molecular weight is 418 g/mol. The molecule has 1 saturated carbocycles. The van der Waals surface area contributed by atoms with Crippen LogP contribution in [0.4, 0.5) is 5.69 Å². The number of piperidine rings is 1. The lowest BCUT2D eigenvalue weighted by Crippen LogP contribution is -2.32. The minimum atomic E-state index is -0.182. The lowest BCUT2D eigenvalue weighted by Gasteiger charge is -2.27. The normalized spacial score (nSPS) is 23.5. The fourth-order valence-corrected chi connectivity index (χ4v) is 5.27. The molecule has 2 fully saturated rings. The van der Waals surface area contributed by atoms with E-state index in [-0.39, 0.29) is 23.0 Å². The van der Waals surface area contributed by atoms with Crippen molar-refractivity contribution in [3.63, 3.8) is 0 Å². The third-order valence-electron chi connectivity index (χ3n) is 6.76. The molecule has 2 amide bonds. The number of hydrogen-bond donors (Lipinski definition) is 2. The van der Waals surface area contributed by atoms with Crippen LogP contribution >= 0.6 is 0 Å². The number of anilines is 1. The summed E-state index contributed by atoms with van der Waals surface area (Å²) in [6, 6.07) is 1.85. The summed E-state index contributed by atoms with van der Waals surface area (Å²) in [6.07, 6.45) is 10.9. The van der Waals surface area contributed by atoms with E-state index in [2.05, 4.69) is 10.3 Å². The van der Waals surface area contributed by atoms with Crippen LogP contribution in [0.3, 0.4) is 0 Å². The molecule has 7 heteroatoms. The second-order valence-corrected chi connectivity index (χ2v) is 8.83. The van der Waals surface area contributed by atoms with Gasteiger partial charge in [-0.05, 0) is 49.0 Å². The molecule has 3 heterocycles. The predicted molar refractivity (Wildman–Crippen MR) is 117 cm³/mol.